The van der Waals surface area contributed by atoms with Crippen molar-refractivity contribution in [3.8, 4) is 0 Å². The molecule has 2 rings (SSSR count). The quantitative estimate of drug-likeness (QED) is 0.692. The van der Waals surface area contributed by atoms with Crippen molar-refractivity contribution in [1.82, 2.24) is 0 Å². The van der Waals surface area contributed by atoms with Crippen LogP contribution in [0.1, 0.15) is 11.1 Å². The Bertz CT molecular complexity index is 668. The molecule has 0 amide bonds. The van der Waals surface area contributed by atoms with E-state index in [0.717, 1.165) is 24.3 Å². The third kappa shape index (κ3) is 3.81. The fourth-order valence-electron chi connectivity index (χ4n) is 1.72. The lowest BCUT2D eigenvalue weighted by atomic mass is 10.1. The highest BCUT2D eigenvalue weighted by atomic mass is 32.2. The predicted molar refractivity (Wildman–Crippen MR) is 72.4 cm³/mol. The third-order valence-electron chi connectivity index (χ3n) is 2.80. The zero-order valence-electron chi connectivity index (χ0n) is 10.7. The average Bonchev–Trinajstić information content (AvgIpc) is 2.41. The van der Waals surface area contributed by atoms with E-state index in [1.54, 1.807) is 0 Å². The van der Waals surface area contributed by atoms with Gasteiger partial charge in [-0.3, -0.25) is 4.21 Å². The van der Waals surface area contributed by atoms with Crippen LogP contribution in [0, 0.1) is 5.82 Å². The summed E-state index contributed by atoms with van der Waals surface area (Å²) in [4.78, 5) is 0.134. The van der Waals surface area contributed by atoms with Crippen LogP contribution in [0.4, 0.5) is 23.2 Å². The normalized spacial score (nSPS) is 13.1. The van der Waals surface area contributed by atoms with Gasteiger partial charge in [-0.15, -0.1) is 0 Å². The highest BCUT2D eigenvalue weighted by Gasteiger charge is 2.29. The lowest BCUT2D eigenvalue weighted by Gasteiger charge is -2.09. The van der Waals surface area contributed by atoms with Crippen molar-refractivity contribution < 1.29 is 21.8 Å². The summed E-state index contributed by atoms with van der Waals surface area (Å²) in [5.41, 5.74) is 5.47. The van der Waals surface area contributed by atoms with Crippen molar-refractivity contribution >= 4 is 16.5 Å². The van der Waals surface area contributed by atoms with Gasteiger partial charge in [0.1, 0.15) is 5.82 Å². The molecular formula is C14H11F4NOS. The van der Waals surface area contributed by atoms with Crippen molar-refractivity contribution in [2.75, 3.05) is 5.73 Å². The van der Waals surface area contributed by atoms with Crippen LogP contribution in [-0.4, -0.2) is 4.21 Å². The first kappa shape index (κ1) is 15.5. The van der Waals surface area contributed by atoms with E-state index < -0.39 is 28.4 Å². The molecule has 0 spiro atoms. The second kappa shape index (κ2) is 5.85. The molecule has 0 saturated carbocycles. The molecule has 7 heteroatoms. The first-order valence-electron chi connectivity index (χ1n) is 5.87. The summed E-state index contributed by atoms with van der Waals surface area (Å²) in [6, 6.07) is 7.84. The zero-order chi connectivity index (χ0) is 15.6. The Morgan fingerprint density at radius 2 is 1.67 bits per heavy atom. The van der Waals surface area contributed by atoms with Crippen molar-refractivity contribution in [3.05, 3.63) is 59.4 Å². The standard InChI is InChI=1S/C14H11F4NOS/c15-11-5-6-12(19)13(7-11)21(20)8-9-1-3-10(4-2-9)14(16,17)18/h1-7H,8,19H2. The van der Waals surface area contributed by atoms with E-state index in [-0.39, 0.29) is 16.3 Å². The first-order chi connectivity index (χ1) is 9.77. The molecule has 2 N–H and O–H groups in total. The van der Waals surface area contributed by atoms with Crippen molar-refractivity contribution in [2.24, 2.45) is 0 Å². The molecule has 0 saturated heterocycles. The zero-order valence-corrected chi connectivity index (χ0v) is 11.5. The summed E-state index contributed by atoms with van der Waals surface area (Å²) >= 11 is 0. The molecule has 112 valence electrons. The number of alkyl halides is 3. The predicted octanol–water partition coefficient (Wildman–Crippen LogP) is 3.73. The molecular weight excluding hydrogens is 306 g/mol. The van der Waals surface area contributed by atoms with Crippen LogP contribution in [0.25, 0.3) is 0 Å². The van der Waals surface area contributed by atoms with Crippen LogP contribution < -0.4 is 5.73 Å². The van der Waals surface area contributed by atoms with Crippen LogP contribution in [0.3, 0.4) is 0 Å². The van der Waals surface area contributed by atoms with Gasteiger partial charge in [0.05, 0.1) is 27.0 Å². The maximum absolute atomic E-state index is 13.1. The number of nitrogens with two attached hydrogens (primary N) is 1. The minimum absolute atomic E-state index is 0.0359. The lowest BCUT2D eigenvalue weighted by molar-refractivity contribution is -0.137. The Morgan fingerprint density at radius 1 is 1.05 bits per heavy atom. The highest BCUT2D eigenvalue weighted by molar-refractivity contribution is 7.84. The molecule has 0 aliphatic heterocycles. The van der Waals surface area contributed by atoms with Gasteiger partial charge in [0.2, 0.25) is 0 Å². The molecule has 2 aromatic rings. The van der Waals surface area contributed by atoms with Gasteiger partial charge in [-0.25, -0.2) is 4.39 Å². The van der Waals surface area contributed by atoms with Crippen LogP contribution >= 0.6 is 0 Å². The minimum atomic E-state index is -4.41. The van der Waals surface area contributed by atoms with Gasteiger partial charge in [-0.2, -0.15) is 13.2 Å². The number of benzene rings is 2. The summed E-state index contributed by atoms with van der Waals surface area (Å²) < 4.78 is 62.5. The fraction of sp³-hybridized carbons (Fsp3) is 0.143. The number of hydrogen-bond acceptors (Lipinski definition) is 2. The molecule has 0 aliphatic carbocycles. The third-order valence-corrected chi connectivity index (χ3v) is 4.24. The van der Waals surface area contributed by atoms with Crippen LogP contribution in [-0.2, 0) is 22.7 Å². The highest BCUT2D eigenvalue weighted by Crippen LogP contribution is 2.29. The van der Waals surface area contributed by atoms with Gasteiger partial charge < -0.3 is 5.73 Å². The number of nitrogen functional groups attached to an aromatic ring is 1. The van der Waals surface area contributed by atoms with Gasteiger partial charge in [-0.1, -0.05) is 12.1 Å². The molecule has 0 aromatic heterocycles. The maximum atomic E-state index is 13.1. The van der Waals surface area contributed by atoms with E-state index in [4.69, 9.17) is 5.73 Å². The Balaban J connectivity index is 2.18. The second-order valence-corrected chi connectivity index (χ2v) is 5.79. The molecule has 0 fully saturated rings. The second-order valence-electron chi connectivity index (χ2n) is 4.37. The number of halogens is 4. The van der Waals surface area contributed by atoms with Gasteiger partial charge in [0.25, 0.3) is 0 Å². The number of rotatable bonds is 3. The molecule has 21 heavy (non-hydrogen) atoms. The van der Waals surface area contributed by atoms with Gasteiger partial charge in [-0.05, 0) is 35.9 Å². The molecule has 2 aromatic carbocycles. The summed E-state index contributed by atoms with van der Waals surface area (Å²) in [6.07, 6.45) is -4.41. The van der Waals surface area contributed by atoms with E-state index in [9.17, 15) is 21.8 Å². The lowest BCUT2D eigenvalue weighted by Crippen LogP contribution is -2.05. The molecule has 0 bridgehead atoms. The van der Waals surface area contributed by atoms with E-state index in [2.05, 4.69) is 0 Å². The monoisotopic (exact) mass is 317 g/mol. The number of hydrogen-bond donors (Lipinski definition) is 1. The van der Waals surface area contributed by atoms with E-state index in [1.165, 1.54) is 18.2 Å². The van der Waals surface area contributed by atoms with E-state index in [0.29, 0.717) is 5.56 Å². The topological polar surface area (TPSA) is 43.1 Å². The smallest absolute Gasteiger partial charge is 0.398 e. The van der Waals surface area contributed by atoms with Crippen molar-refractivity contribution in [3.63, 3.8) is 0 Å². The average molecular weight is 317 g/mol. The molecule has 0 heterocycles. The SMILES string of the molecule is Nc1ccc(F)cc1S(=O)Cc1ccc(C(F)(F)F)cc1. The van der Waals surface area contributed by atoms with Gasteiger partial charge in [0, 0.05) is 5.69 Å². The van der Waals surface area contributed by atoms with Crippen molar-refractivity contribution in [1.29, 1.82) is 0 Å². The first-order valence-corrected chi connectivity index (χ1v) is 7.19. The molecule has 0 aliphatic rings. The number of anilines is 1. The van der Waals surface area contributed by atoms with Gasteiger partial charge in [0.15, 0.2) is 0 Å². The Morgan fingerprint density at radius 3 is 2.24 bits per heavy atom. The summed E-state index contributed by atoms with van der Waals surface area (Å²) in [7, 11) is -1.63. The Labute approximate surface area is 121 Å². The van der Waals surface area contributed by atoms with E-state index >= 15 is 0 Å². The maximum Gasteiger partial charge on any atom is 0.416 e. The summed E-state index contributed by atoms with van der Waals surface area (Å²) in [5, 5.41) is 0. The fourth-order valence-corrected chi connectivity index (χ4v) is 2.95. The van der Waals surface area contributed by atoms with Crippen LogP contribution in [0.5, 0.6) is 0 Å². The Kier molecular flexibility index (Phi) is 4.32. The van der Waals surface area contributed by atoms with Crippen LogP contribution in [0.2, 0.25) is 0 Å². The minimum Gasteiger partial charge on any atom is -0.398 e. The van der Waals surface area contributed by atoms with Gasteiger partial charge >= 0.3 is 6.18 Å². The van der Waals surface area contributed by atoms with E-state index in [1.807, 2.05) is 0 Å². The largest absolute Gasteiger partial charge is 0.416 e. The molecule has 1 unspecified atom stereocenters. The summed E-state index contributed by atoms with van der Waals surface area (Å²) in [5.74, 6) is -0.605. The Hall–Kier alpha value is -1.89. The van der Waals surface area contributed by atoms with Crippen LogP contribution in [0.15, 0.2) is 47.4 Å². The van der Waals surface area contributed by atoms with Crippen molar-refractivity contribution in [2.45, 2.75) is 16.8 Å². The molecule has 2 nitrogen and oxygen atoms in total. The molecule has 1 atom stereocenters. The summed E-state index contributed by atoms with van der Waals surface area (Å²) in [6.45, 7) is 0. The molecule has 0 radical (unpaired) electrons.